The lowest BCUT2D eigenvalue weighted by molar-refractivity contribution is -0.138. The van der Waals surface area contributed by atoms with Crippen molar-refractivity contribution in [3.63, 3.8) is 0 Å². The van der Waals surface area contributed by atoms with E-state index in [1.54, 1.807) is 18.2 Å². The van der Waals surface area contributed by atoms with Crippen LogP contribution in [-0.4, -0.2) is 66.3 Å². The molecule has 4 aliphatic rings. The number of urea groups is 1. The molecule has 1 N–H and O–H groups in total. The number of anilines is 1. The predicted molar refractivity (Wildman–Crippen MR) is 151 cm³/mol. The quantitative estimate of drug-likeness (QED) is 0.519. The van der Waals surface area contributed by atoms with E-state index in [4.69, 9.17) is 11.6 Å². The standard InChI is InChI=1S/C30H41ClN4O4/c31-25-9-8-24(20-26(25)35-19-14-27(36)32-30(35)39)29(38)34-17-12-22(13-18-34)7-6-21-10-15-33(16-11-21)28(37)23-4-2-1-3-5-23/h8-9,20-23H,1-7,10-19H2,(H,32,36,39). The van der Waals surface area contributed by atoms with Gasteiger partial charge in [-0.2, -0.15) is 0 Å². The molecule has 0 radical (unpaired) electrons. The summed E-state index contributed by atoms with van der Waals surface area (Å²) < 4.78 is 0. The Morgan fingerprint density at radius 2 is 1.44 bits per heavy atom. The van der Waals surface area contributed by atoms with Crippen molar-refractivity contribution >= 4 is 41.0 Å². The van der Waals surface area contributed by atoms with Crippen LogP contribution in [0.3, 0.4) is 0 Å². The zero-order valence-corrected chi connectivity index (χ0v) is 23.6. The lowest BCUT2D eigenvalue weighted by atomic mass is 9.84. The van der Waals surface area contributed by atoms with Crippen molar-refractivity contribution in [2.24, 2.45) is 17.8 Å². The second-order valence-electron chi connectivity index (χ2n) is 11.8. The first-order valence-corrected chi connectivity index (χ1v) is 15.3. The van der Waals surface area contributed by atoms with Crippen molar-refractivity contribution < 1.29 is 19.2 Å². The fourth-order valence-electron chi connectivity index (χ4n) is 6.78. The van der Waals surface area contributed by atoms with E-state index in [0.29, 0.717) is 34.0 Å². The molecule has 0 spiro atoms. The number of amides is 5. The van der Waals surface area contributed by atoms with Crippen LogP contribution < -0.4 is 10.2 Å². The molecule has 39 heavy (non-hydrogen) atoms. The second kappa shape index (κ2) is 12.7. The second-order valence-corrected chi connectivity index (χ2v) is 12.2. The summed E-state index contributed by atoms with van der Waals surface area (Å²) in [5.74, 6) is 1.67. The smallest absolute Gasteiger partial charge is 0.328 e. The third kappa shape index (κ3) is 6.76. The maximum atomic E-state index is 13.3. The Hall–Kier alpha value is -2.61. The number of likely N-dealkylation sites (tertiary alicyclic amines) is 2. The Bertz CT molecular complexity index is 1070. The number of nitrogens with one attached hydrogen (secondary N) is 1. The van der Waals surface area contributed by atoms with Gasteiger partial charge in [0.25, 0.3) is 5.91 Å². The number of rotatable bonds is 6. The highest BCUT2D eigenvalue weighted by atomic mass is 35.5. The number of benzene rings is 1. The van der Waals surface area contributed by atoms with Gasteiger partial charge in [0.05, 0.1) is 10.7 Å². The molecule has 1 aromatic carbocycles. The summed E-state index contributed by atoms with van der Waals surface area (Å²) in [5, 5.41) is 2.68. The number of piperidine rings is 2. The molecular formula is C30H41ClN4O4. The molecule has 3 aliphatic heterocycles. The predicted octanol–water partition coefficient (Wildman–Crippen LogP) is 5.24. The molecule has 9 heteroatoms. The van der Waals surface area contributed by atoms with Crippen molar-refractivity contribution in [1.82, 2.24) is 15.1 Å². The average Bonchev–Trinajstić information content (AvgIpc) is 2.97. The Morgan fingerprint density at radius 3 is 2.05 bits per heavy atom. The average molecular weight is 557 g/mol. The first-order valence-electron chi connectivity index (χ1n) is 14.9. The molecule has 1 aromatic rings. The summed E-state index contributed by atoms with van der Waals surface area (Å²) >= 11 is 6.35. The van der Waals surface area contributed by atoms with Crippen LogP contribution in [0.5, 0.6) is 0 Å². The van der Waals surface area contributed by atoms with Crippen LogP contribution in [0.2, 0.25) is 5.02 Å². The fourth-order valence-corrected chi connectivity index (χ4v) is 6.99. The van der Waals surface area contributed by atoms with Crippen LogP contribution in [0.4, 0.5) is 10.5 Å². The first kappa shape index (κ1) is 27.9. The highest BCUT2D eigenvalue weighted by Gasteiger charge is 2.31. The summed E-state index contributed by atoms with van der Waals surface area (Å²) in [7, 11) is 0. The third-order valence-electron chi connectivity index (χ3n) is 9.30. The van der Waals surface area contributed by atoms with Crippen LogP contribution in [0.25, 0.3) is 0 Å². The summed E-state index contributed by atoms with van der Waals surface area (Å²) in [6.45, 7) is 3.54. The maximum Gasteiger partial charge on any atom is 0.328 e. The monoisotopic (exact) mass is 556 g/mol. The van der Waals surface area contributed by atoms with Gasteiger partial charge in [-0.25, -0.2) is 4.79 Å². The largest absolute Gasteiger partial charge is 0.342 e. The van der Waals surface area contributed by atoms with Crippen molar-refractivity contribution in [3.05, 3.63) is 28.8 Å². The molecule has 1 saturated carbocycles. The Balaban J connectivity index is 1.06. The van der Waals surface area contributed by atoms with Crippen molar-refractivity contribution in [2.75, 3.05) is 37.6 Å². The molecule has 8 nitrogen and oxygen atoms in total. The van der Waals surface area contributed by atoms with Crippen molar-refractivity contribution in [2.45, 2.75) is 77.0 Å². The fraction of sp³-hybridized carbons (Fsp3) is 0.667. The minimum Gasteiger partial charge on any atom is -0.342 e. The van der Waals surface area contributed by atoms with Crippen LogP contribution >= 0.6 is 11.6 Å². The van der Waals surface area contributed by atoms with Crippen LogP contribution in [0.1, 0.15) is 87.4 Å². The Kier molecular flexibility index (Phi) is 9.10. The zero-order valence-electron chi connectivity index (χ0n) is 22.8. The van der Waals surface area contributed by atoms with Gasteiger partial charge in [0.2, 0.25) is 11.8 Å². The van der Waals surface area contributed by atoms with E-state index in [0.717, 1.165) is 64.7 Å². The molecule has 212 valence electrons. The van der Waals surface area contributed by atoms with Crippen LogP contribution in [-0.2, 0) is 9.59 Å². The highest BCUT2D eigenvalue weighted by Crippen LogP contribution is 2.32. The Morgan fingerprint density at radius 1 is 0.821 bits per heavy atom. The summed E-state index contributed by atoms with van der Waals surface area (Å²) in [6, 6.07) is 4.50. The maximum absolute atomic E-state index is 13.3. The minimum absolute atomic E-state index is 0.0464. The van der Waals surface area contributed by atoms with Gasteiger partial charge in [-0.05, 0) is 68.6 Å². The summed E-state index contributed by atoms with van der Waals surface area (Å²) in [6.07, 6.45) is 12.7. The van der Waals surface area contributed by atoms with Gasteiger partial charge in [-0.1, -0.05) is 43.7 Å². The van der Waals surface area contributed by atoms with Crippen LogP contribution in [0, 0.1) is 17.8 Å². The minimum atomic E-state index is -0.514. The molecule has 3 saturated heterocycles. The molecule has 1 aliphatic carbocycles. The van der Waals surface area contributed by atoms with Gasteiger partial charge in [0.1, 0.15) is 0 Å². The number of hydrogen-bond acceptors (Lipinski definition) is 4. The molecular weight excluding hydrogens is 516 g/mol. The van der Waals surface area contributed by atoms with Gasteiger partial charge in [0.15, 0.2) is 0 Å². The molecule has 3 heterocycles. The molecule has 0 atom stereocenters. The summed E-state index contributed by atoms with van der Waals surface area (Å²) in [5.41, 5.74) is 0.959. The van der Waals surface area contributed by atoms with Gasteiger partial charge in [0, 0.05) is 50.6 Å². The number of hydrogen-bond donors (Lipinski definition) is 1. The number of carbonyl (C=O) groups excluding carboxylic acids is 4. The molecule has 0 bridgehead atoms. The van der Waals surface area contributed by atoms with E-state index in [1.807, 2.05) is 4.90 Å². The topological polar surface area (TPSA) is 90.0 Å². The molecule has 0 aromatic heterocycles. The lowest BCUT2D eigenvalue weighted by Gasteiger charge is -2.36. The van der Waals surface area contributed by atoms with Crippen molar-refractivity contribution in [1.29, 1.82) is 0 Å². The lowest BCUT2D eigenvalue weighted by Crippen LogP contribution is -2.49. The highest BCUT2D eigenvalue weighted by molar-refractivity contribution is 6.34. The number of nitrogens with zero attached hydrogens (tertiary/aromatic N) is 3. The number of halogens is 1. The molecule has 4 fully saturated rings. The van der Waals surface area contributed by atoms with Crippen molar-refractivity contribution in [3.8, 4) is 0 Å². The van der Waals surface area contributed by atoms with E-state index in [2.05, 4.69) is 10.2 Å². The van der Waals surface area contributed by atoms with E-state index in [-0.39, 0.29) is 30.7 Å². The molecule has 0 unspecified atom stereocenters. The first-order chi connectivity index (χ1) is 18.9. The van der Waals surface area contributed by atoms with E-state index >= 15 is 0 Å². The van der Waals surface area contributed by atoms with Gasteiger partial charge in [-0.3, -0.25) is 24.6 Å². The zero-order chi connectivity index (χ0) is 27.4. The van der Waals surface area contributed by atoms with Gasteiger partial charge < -0.3 is 9.80 Å². The van der Waals surface area contributed by atoms with Gasteiger partial charge >= 0.3 is 6.03 Å². The third-order valence-corrected chi connectivity index (χ3v) is 9.62. The molecule has 5 amide bonds. The number of imide groups is 1. The van der Waals surface area contributed by atoms with E-state index < -0.39 is 6.03 Å². The Labute approximate surface area is 236 Å². The normalized spacial score (nSPS) is 22.2. The number of carbonyl (C=O) groups is 4. The van der Waals surface area contributed by atoms with E-state index in [9.17, 15) is 19.2 Å². The van der Waals surface area contributed by atoms with Crippen LogP contribution in [0.15, 0.2) is 18.2 Å². The SMILES string of the molecule is O=C1CCN(c2cc(C(=O)N3CCC(CCC4CCN(C(=O)C5CCCCC5)CC4)CC3)ccc2Cl)C(=O)N1. The van der Waals surface area contributed by atoms with Gasteiger partial charge in [-0.15, -0.1) is 0 Å². The molecule has 5 rings (SSSR count). The van der Waals surface area contributed by atoms with E-state index in [1.165, 1.54) is 37.0 Å². The summed E-state index contributed by atoms with van der Waals surface area (Å²) in [4.78, 5) is 55.4.